The molecule has 2 heterocycles. The average molecular weight is 262 g/mol. The lowest BCUT2D eigenvalue weighted by atomic mass is 10.1. The van der Waals surface area contributed by atoms with Crippen LogP contribution in [0.4, 0.5) is 4.39 Å². The van der Waals surface area contributed by atoms with Crippen LogP contribution in [0, 0.1) is 5.82 Å². The van der Waals surface area contributed by atoms with Gasteiger partial charge in [-0.25, -0.2) is 4.79 Å². The second-order valence-electron chi connectivity index (χ2n) is 3.87. The summed E-state index contributed by atoms with van der Waals surface area (Å²) in [7, 11) is 0. The van der Waals surface area contributed by atoms with Gasteiger partial charge < -0.3 is 20.1 Å². The molecular formula is C9H11FN2O6. The van der Waals surface area contributed by atoms with Crippen molar-refractivity contribution in [3.8, 4) is 0 Å². The maximum absolute atomic E-state index is 13.1. The van der Waals surface area contributed by atoms with Gasteiger partial charge in [0.25, 0.3) is 5.56 Å². The van der Waals surface area contributed by atoms with Crippen LogP contribution in [0.2, 0.25) is 0 Å². The van der Waals surface area contributed by atoms with Gasteiger partial charge in [-0.15, -0.1) is 0 Å². The first-order valence-corrected chi connectivity index (χ1v) is 5.09. The molecule has 0 aromatic carbocycles. The molecule has 0 unspecified atom stereocenters. The summed E-state index contributed by atoms with van der Waals surface area (Å²) in [6, 6.07) is 0. The van der Waals surface area contributed by atoms with Gasteiger partial charge in [0, 0.05) is 0 Å². The van der Waals surface area contributed by atoms with Crippen LogP contribution >= 0.6 is 0 Å². The Balaban J connectivity index is 2.42. The van der Waals surface area contributed by atoms with Crippen molar-refractivity contribution in [3.05, 3.63) is 32.9 Å². The molecule has 1 saturated heterocycles. The molecule has 4 N–H and O–H groups in total. The topological polar surface area (TPSA) is 125 Å². The van der Waals surface area contributed by atoms with Crippen molar-refractivity contribution in [1.29, 1.82) is 0 Å². The fourth-order valence-corrected chi connectivity index (χ4v) is 1.76. The first-order valence-electron chi connectivity index (χ1n) is 5.09. The van der Waals surface area contributed by atoms with Gasteiger partial charge in [0.1, 0.15) is 18.3 Å². The predicted octanol–water partition coefficient (Wildman–Crippen LogP) is -2.71. The monoisotopic (exact) mass is 262 g/mol. The molecule has 0 bridgehead atoms. The van der Waals surface area contributed by atoms with Crippen LogP contribution in [-0.2, 0) is 4.74 Å². The highest BCUT2D eigenvalue weighted by Gasteiger charge is 2.43. The van der Waals surface area contributed by atoms with Gasteiger partial charge >= 0.3 is 5.69 Å². The number of hydrogen-bond acceptors (Lipinski definition) is 6. The zero-order valence-corrected chi connectivity index (χ0v) is 8.99. The summed E-state index contributed by atoms with van der Waals surface area (Å²) in [5, 5.41) is 28.0. The summed E-state index contributed by atoms with van der Waals surface area (Å²) in [6.07, 6.45) is -4.84. The molecule has 4 atom stereocenters. The summed E-state index contributed by atoms with van der Waals surface area (Å²) in [5.41, 5.74) is -2.18. The molecule has 100 valence electrons. The summed E-state index contributed by atoms with van der Waals surface area (Å²) < 4.78 is 18.7. The first kappa shape index (κ1) is 12.9. The Morgan fingerprint density at radius 2 is 2.06 bits per heavy atom. The van der Waals surface area contributed by atoms with Crippen molar-refractivity contribution < 1.29 is 24.4 Å². The van der Waals surface area contributed by atoms with Crippen molar-refractivity contribution in [2.75, 3.05) is 6.61 Å². The lowest BCUT2D eigenvalue weighted by Crippen LogP contribution is -2.38. The highest BCUT2D eigenvalue weighted by atomic mass is 19.1. The number of nitrogens with zero attached hydrogens (tertiary/aromatic N) is 1. The number of aromatic amines is 1. The molecule has 1 aliphatic rings. The standard InChI is InChI=1S/C9H11FN2O6/c10-3-1-12(9(17)11-7(3)16)8-6(15)5(14)4(2-13)18-8/h1,4-6,8,13-15H,2H2,(H,11,16,17)/t4-,5+,6+,8-/m1/s1. The minimum atomic E-state index is -1.52. The number of hydrogen-bond donors (Lipinski definition) is 4. The van der Waals surface area contributed by atoms with E-state index >= 15 is 0 Å². The molecule has 9 heteroatoms. The van der Waals surface area contributed by atoms with E-state index in [0.29, 0.717) is 10.8 Å². The Bertz CT molecular complexity index is 555. The van der Waals surface area contributed by atoms with E-state index in [0.717, 1.165) is 0 Å². The van der Waals surface area contributed by atoms with E-state index in [2.05, 4.69) is 0 Å². The summed E-state index contributed by atoms with van der Waals surface area (Å²) in [6.45, 7) is -0.574. The molecule has 1 aromatic rings. The molecule has 8 nitrogen and oxygen atoms in total. The SMILES string of the molecule is O=c1[nH]c(=O)n([C@@H]2O[C@H](CO)[C@H](O)[C@@H]2O)cc1F. The minimum absolute atomic E-state index is 0.571. The number of nitrogens with one attached hydrogen (secondary N) is 1. The lowest BCUT2D eigenvalue weighted by Gasteiger charge is -2.16. The number of aromatic nitrogens is 2. The van der Waals surface area contributed by atoms with Crippen molar-refractivity contribution in [2.45, 2.75) is 24.5 Å². The fourth-order valence-electron chi connectivity index (χ4n) is 1.76. The Kier molecular flexibility index (Phi) is 3.30. The number of rotatable bonds is 2. The highest BCUT2D eigenvalue weighted by molar-refractivity contribution is 4.94. The van der Waals surface area contributed by atoms with E-state index in [-0.39, 0.29) is 0 Å². The van der Waals surface area contributed by atoms with Gasteiger partial charge in [-0.1, -0.05) is 0 Å². The highest BCUT2D eigenvalue weighted by Crippen LogP contribution is 2.27. The third-order valence-corrected chi connectivity index (χ3v) is 2.72. The van der Waals surface area contributed by atoms with E-state index in [1.807, 2.05) is 0 Å². The fraction of sp³-hybridized carbons (Fsp3) is 0.556. The summed E-state index contributed by atoms with van der Waals surface area (Å²) in [5.74, 6) is -1.23. The summed E-state index contributed by atoms with van der Waals surface area (Å²) in [4.78, 5) is 24.0. The second-order valence-corrected chi connectivity index (χ2v) is 3.87. The Morgan fingerprint density at radius 1 is 1.39 bits per heavy atom. The van der Waals surface area contributed by atoms with E-state index in [1.54, 1.807) is 4.98 Å². The van der Waals surface area contributed by atoms with Crippen LogP contribution in [-0.4, -0.2) is 49.8 Å². The van der Waals surface area contributed by atoms with Gasteiger partial charge in [0.2, 0.25) is 5.82 Å². The van der Waals surface area contributed by atoms with Gasteiger partial charge in [0.15, 0.2) is 6.23 Å². The largest absolute Gasteiger partial charge is 0.394 e. The zero-order valence-electron chi connectivity index (χ0n) is 8.99. The Hall–Kier alpha value is -1.55. The molecule has 1 fully saturated rings. The van der Waals surface area contributed by atoms with Gasteiger partial charge in [0.05, 0.1) is 12.8 Å². The normalized spacial score (nSPS) is 31.8. The van der Waals surface area contributed by atoms with Gasteiger partial charge in [-0.05, 0) is 0 Å². The number of aliphatic hydroxyl groups excluding tert-OH is 3. The molecule has 0 aliphatic carbocycles. The van der Waals surface area contributed by atoms with E-state index in [9.17, 15) is 24.2 Å². The molecular weight excluding hydrogens is 251 g/mol. The molecule has 0 radical (unpaired) electrons. The third-order valence-electron chi connectivity index (χ3n) is 2.72. The first-order chi connectivity index (χ1) is 8.45. The van der Waals surface area contributed by atoms with E-state index in [4.69, 9.17) is 9.84 Å². The number of aliphatic hydroxyl groups is 3. The predicted molar refractivity (Wildman–Crippen MR) is 54.3 cm³/mol. The average Bonchev–Trinajstić information content (AvgIpc) is 2.61. The quantitative estimate of drug-likeness (QED) is 0.459. The number of H-pyrrole nitrogens is 1. The zero-order chi connectivity index (χ0) is 13.4. The van der Waals surface area contributed by atoms with Crippen molar-refractivity contribution in [2.24, 2.45) is 0 Å². The van der Waals surface area contributed by atoms with Crippen molar-refractivity contribution in [1.82, 2.24) is 9.55 Å². The van der Waals surface area contributed by atoms with Crippen LogP contribution in [0.1, 0.15) is 6.23 Å². The van der Waals surface area contributed by atoms with Crippen LogP contribution in [0.25, 0.3) is 0 Å². The Morgan fingerprint density at radius 3 is 2.61 bits per heavy atom. The molecule has 18 heavy (non-hydrogen) atoms. The molecule has 1 aromatic heterocycles. The molecule has 0 saturated carbocycles. The van der Waals surface area contributed by atoms with E-state index in [1.165, 1.54) is 0 Å². The van der Waals surface area contributed by atoms with E-state index < -0.39 is 48.2 Å². The maximum atomic E-state index is 13.1. The van der Waals surface area contributed by atoms with Crippen LogP contribution in [0.5, 0.6) is 0 Å². The summed E-state index contributed by atoms with van der Waals surface area (Å²) >= 11 is 0. The molecule has 0 spiro atoms. The van der Waals surface area contributed by atoms with Crippen LogP contribution in [0.3, 0.4) is 0 Å². The van der Waals surface area contributed by atoms with Crippen LogP contribution in [0.15, 0.2) is 15.8 Å². The maximum Gasteiger partial charge on any atom is 0.330 e. The van der Waals surface area contributed by atoms with Gasteiger partial charge in [-0.3, -0.25) is 14.3 Å². The number of ether oxygens (including phenoxy) is 1. The minimum Gasteiger partial charge on any atom is -0.394 e. The second kappa shape index (κ2) is 4.61. The molecule has 1 aliphatic heterocycles. The third kappa shape index (κ3) is 1.97. The molecule has 0 amide bonds. The smallest absolute Gasteiger partial charge is 0.330 e. The lowest BCUT2D eigenvalue weighted by molar-refractivity contribution is -0.0554. The van der Waals surface area contributed by atoms with Gasteiger partial charge in [-0.2, -0.15) is 4.39 Å². The van der Waals surface area contributed by atoms with Crippen molar-refractivity contribution in [3.63, 3.8) is 0 Å². The Labute approximate surface area is 98.9 Å². The van der Waals surface area contributed by atoms with Crippen molar-refractivity contribution >= 4 is 0 Å². The number of halogens is 1. The molecule has 2 rings (SSSR count). The van der Waals surface area contributed by atoms with Crippen LogP contribution < -0.4 is 11.2 Å².